The molecule has 3 heteroatoms. The molecule has 0 saturated carbocycles. The van der Waals surface area contributed by atoms with Gasteiger partial charge in [0.1, 0.15) is 11.3 Å². The molecule has 0 N–H and O–H groups in total. The van der Waals surface area contributed by atoms with Crippen LogP contribution in [0.25, 0.3) is 0 Å². The summed E-state index contributed by atoms with van der Waals surface area (Å²) in [4.78, 5) is 14.6. The number of carbonyl (C=O) groups is 1. The van der Waals surface area contributed by atoms with Gasteiger partial charge in [-0.1, -0.05) is 0 Å². The molecule has 0 aromatic carbocycles. The van der Waals surface area contributed by atoms with Crippen LogP contribution < -0.4 is 0 Å². The van der Waals surface area contributed by atoms with E-state index in [2.05, 4.69) is 4.99 Å². The molecule has 0 bridgehead atoms. The third-order valence-corrected chi connectivity index (χ3v) is 0.951. The van der Waals surface area contributed by atoms with Gasteiger partial charge in [0.25, 0.3) is 0 Å². The molecule has 1 aliphatic rings. The van der Waals surface area contributed by atoms with Gasteiger partial charge >= 0.3 is 5.97 Å². The molecule has 0 aliphatic carbocycles. The topological polar surface area (TPSA) is 38.7 Å². The second-order valence-electron chi connectivity index (χ2n) is 3.26. The van der Waals surface area contributed by atoms with Crippen LogP contribution in [0.5, 0.6) is 0 Å². The van der Waals surface area contributed by atoms with Gasteiger partial charge in [0, 0.05) is 0 Å². The average Bonchev–Trinajstić information content (AvgIpc) is 2.35. The molecule has 0 aromatic heterocycles. The van der Waals surface area contributed by atoms with Crippen LogP contribution in [0.2, 0.25) is 0 Å². The van der Waals surface area contributed by atoms with Crippen LogP contribution in [0.1, 0.15) is 20.8 Å². The van der Waals surface area contributed by atoms with Crippen molar-refractivity contribution < 1.29 is 9.53 Å². The number of hydrogen-bond acceptors (Lipinski definition) is 3. The lowest BCUT2D eigenvalue weighted by atomic mass is 10.2. The number of aliphatic imine (C=N–C) groups is 1. The molecule has 0 spiro atoms. The smallest absolute Gasteiger partial charge is 0.354 e. The van der Waals surface area contributed by atoms with Crippen molar-refractivity contribution in [2.24, 2.45) is 4.99 Å². The Hall–Kier alpha value is -0.860. The monoisotopic (exact) mass is 141 g/mol. The molecular formula is C7H11NO2. The van der Waals surface area contributed by atoms with Crippen LogP contribution in [0.15, 0.2) is 4.99 Å². The zero-order valence-electron chi connectivity index (χ0n) is 6.47. The van der Waals surface area contributed by atoms with E-state index in [1.807, 2.05) is 20.8 Å². The predicted octanol–water partition coefficient (Wildman–Crippen LogP) is 0.783. The molecule has 10 heavy (non-hydrogen) atoms. The van der Waals surface area contributed by atoms with E-state index in [4.69, 9.17) is 4.74 Å². The standard InChI is InChI=1S/C7H11NO2/c1-7(2,3)10-6(9)5-4-8-5/h4H2,1-3H3. The Balaban J connectivity index is 2.38. The number of carbonyl (C=O) groups excluding carboxylic acids is 1. The van der Waals surface area contributed by atoms with E-state index in [0.29, 0.717) is 12.3 Å². The lowest BCUT2D eigenvalue weighted by Gasteiger charge is -2.17. The zero-order valence-corrected chi connectivity index (χ0v) is 6.47. The van der Waals surface area contributed by atoms with Gasteiger partial charge in [0.2, 0.25) is 0 Å². The molecular weight excluding hydrogens is 130 g/mol. The Morgan fingerprint density at radius 2 is 2.10 bits per heavy atom. The quantitative estimate of drug-likeness (QED) is 0.506. The Kier molecular flexibility index (Phi) is 1.50. The molecule has 0 aromatic rings. The van der Waals surface area contributed by atoms with E-state index in [1.165, 1.54) is 0 Å². The fraction of sp³-hybridized carbons (Fsp3) is 0.714. The van der Waals surface area contributed by atoms with Crippen LogP contribution in [0.4, 0.5) is 0 Å². The van der Waals surface area contributed by atoms with Gasteiger partial charge in [0.15, 0.2) is 0 Å². The first-order valence-corrected chi connectivity index (χ1v) is 3.26. The first-order valence-electron chi connectivity index (χ1n) is 3.26. The second kappa shape index (κ2) is 2.08. The Labute approximate surface area is 60.1 Å². The van der Waals surface area contributed by atoms with E-state index in [0.717, 1.165) is 0 Å². The molecule has 0 saturated heterocycles. The third-order valence-electron chi connectivity index (χ3n) is 0.951. The SMILES string of the molecule is CC(C)(C)OC(=O)C1=NC1. The minimum atomic E-state index is -0.387. The van der Waals surface area contributed by atoms with Gasteiger partial charge in [-0.05, 0) is 20.8 Å². The van der Waals surface area contributed by atoms with Crippen molar-refractivity contribution in [3.63, 3.8) is 0 Å². The summed E-state index contributed by atoms with van der Waals surface area (Å²) in [6.07, 6.45) is 0. The van der Waals surface area contributed by atoms with Crippen molar-refractivity contribution in [1.29, 1.82) is 0 Å². The van der Waals surface area contributed by atoms with Crippen molar-refractivity contribution in [1.82, 2.24) is 0 Å². The second-order valence-corrected chi connectivity index (χ2v) is 3.26. The van der Waals surface area contributed by atoms with Crippen molar-refractivity contribution >= 4 is 11.7 Å². The van der Waals surface area contributed by atoms with E-state index in [9.17, 15) is 4.79 Å². The van der Waals surface area contributed by atoms with Gasteiger partial charge in [0.05, 0.1) is 6.54 Å². The molecule has 56 valence electrons. The number of hydrogen-bond donors (Lipinski definition) is 0. The van der Waals surface area contributed by atoms with E-state index < -0.39 is 0 Å². The molecule has 0 unspecified atom stereocenters. The number of ether oxygens (including phenoxy) is 1. The van der Waals surface area contributed by atoms with Crippen LogP contribution in [0, 0.1) is 0 Å². The first-order chi connectivity index (χ1) is 4.49. The summed E-state index contributed by atoms with van der Waals surface area (Å²) in [5, 5.41) is 0. The largest absolute Gasteiger partial charge is 0.455 e. The highest BCUT2D eigenvalue weighted by molar-refractivity contribution is 6.42. The van der Waals surface area contributed by atoms with Crippen LogP contribution in [-0.2, 0) is 9.53 Å². The molecule has 1 heterocycles. The lowest BCUT2D eigenvalue weighted by molar-refractivity contribution is -0.145. The fourth-order valence-electron chi connectivity index (χ4n) is 0.506. The summed E-state index contributed by atoms with van der Waals surface area (Å²) >= 11 is 0. The highest BCUT2D eigenvalue weighted by Gasteiger charge is 2.25. The van der Waals surface area contributed by atoms with Gasteiger partial charge in [-0.2, -0.15) is 0 Å². The van der Waals surface area contributed by atoms with E-state index in [-0.39, 0.29) is 11.6 Å². The lowest BCUT2D eigenvalue weighted by Crippen LogP contribution is -2.26. The number of nitrogens with zero attached hydrogens (tertiary/aromatic N) is 1. The maximum Gasteiger partial charge on any atom is 0.354 e. The van der Waals surface area contributed by atoms with Gasteiger partial charge in [-0.15, -0.1) is 0 Å². The van der Waals surface area contributed by atoms with Gasteiger partial charge < -0.3 is 4.74 Å². The van der Waals surface area contributed by atoms with Crippen molar-refractivity contribution in [2.75, 3.05) is 6.54 Å². The molecule has 0 amide bonds. The summed E-state index contributed by atoms with van der Waals surface area (Å²) in [6, 6.07) is 0. The van der Waals surface area contributed by atoms with Crippen LogP contribution in [0.3, 0.4) is 0 Å². The van der Waals surface area contributed by atoms with Gasteiger partial charge in [-0.3, -0.25) is 4.99 Å². The van der Waals surface area contributed by atoms with Gasteiger partial charge in [-0.25, -0.2) is 4.79 Å². The van der Waals surface area contributed by atoms with E-state index in [1.54, 1.807) is 0 Å². The minimum Gasteiger partial charge on any atom is -0.455 e. The summed E-state index contributed by atoms with van der Waals surface area (Å²) in [6.45, 7) is 6.09. The molecule has 0 atom stereocenters. The molecule has 1 rings (SSSR count). The highest BCUT2D eigenvalue weighted by atomic mass is 16.6. The average molecular weight is 141 g/mol. The minimum absolute atomic E-state index is 0.271. The zero-order chi connectivity index (χ0) is 7.78. The maximum atomic E-state index is 10.9. The van der Waals surface area contributed by atoms with Crippen molar-refractivity contribution in [3.8, 4) is 0 Å². The van der Waals surface area contributed by atoms with Crippen LogP contribution in [-0.4, -0.2) is 23.8 Å². The number of esters is 1. The predicted molar refractivity (Wildman–Crippen MR) is 38.1 cm³/mol. The number of rotatable bonds is 1. The van der Waals surface area contributed by atoms with Crippen molar-refractivity contribution in [2.45, 2.75) is 26.4 Å². The summed E-state index contributed by atoms with van der Waals surface area (Å²) < 4.78 is 4.99. The normalized spacial score (nSPS) is 16.1. The Bertz CT molecular complexity index is 188. The molecule has 1 aliphatic heterocycles. The maximum absolute atomic E-state index is 10.9. The summed E-state index contributed by atoms with van der Waals surface area (Å²) in [7, 11) is 0. The van der Waals surface area contributed by atoms with E-state index >= 15 is 0 Å². The molecule has 0 fully saturated rings. The Morgan fingerprint density at radius 1 is 1.60 bits per heavy atom. The molecule has 3 nitrogen and oxygen atoms in total. The van der Waals surface area contributed by atoms with Crippen LogP contribution >= 0.6 is 0 Å². The third kappa shape index (κ3) is 2.17. The fourth-order valence-corrected chi connectivity index (χ4v) is 0.506. The Morgan fingerprint density at radius 3 is 2.40 bits per heavy atom. The summed E-state index contributed by atoms with van der Waals surface area (Å²) in [5.74, 6) is -0.271. The first kappa shape index (κ1) is 7.25. The summed E-state index contributed by atoms with van der Waals surface area (Å²) in [5.41, 5.74) is 0.178. The molecule has 0 radical (unpaired) electrons. The highest BCUT2D eigenvalue weighted by Crippen LogP contribution is 2.10. The van der Waals surface area contributed by atoms with Crippen molar-refractivity contribution in [3.05, 3.63) is 0 Å².